The van der Waals surface area contributed by atoms with Crippen molar-refractivity contribution in [1.82, 2.24) is 19.4 Å². The standard InChI is InChI=1S/C17H14FN5S/c1-9-8-23-15-11(7-20-17(22-15)24-2)5-12(16(23)21-9)10-3-4-14(19)13(18)6-10/h3-8H,19H2,1-2H3. The van der Waals surface area contributed by atoms with Gasteiger partial charge in [0.15, 0.2) is 5.16 Å². The van der Waals surface area contributed by atoms with E-state index < -0.39 is 5.82 Å². The smallest absolute Gasteiger partial charge is 0.189 e. The van der Waals surface area contributed by atoms with Crippen LogP contribution in [0.4, 0.5) is 10.1 Å². The molecule has 0 bridgehead atoms. The second-order valence-corrected chi connectivity index (χ2v) is 6.28. The Hall–Kier alpha value is -2.67. The molecule has 3 heterocycles. The van der Waals surface area contributed by atoms with Gasteiger partial charge in [-0.3, -0.25) is 4.40 Å². The Balaban J connectivity index is 2.09. The summed E-state index contributed by atoms with van der Waals surface area (Å²) in [5.41, 5.74) is 9.62. The molecule has 5 nitrogen and oxygen atoms in total. The summed E-state index contributed by atoms with van der Waals surface area (Å²) in [5.74, 6) is -0.442. The number of fused-ring (bicyclic) bond motifs is 3. The number of pyridine rings is 1. The molecule has 0 aliphatic rings. The molecular formula is C17H14FN5S. The van der Waals surface area contributed by atoms with Crippen LogP contribution in [0.3, 0.4) is 0 Å². The van der Waals surface area contributed by atoms with E-state index in [4.69, 9.17) is 5.73 Å². The second kappa shape index (κ2) is 5.45. The zero-order valence-electron chi connectivity index (χ0n) is 13.1. The number of halogens is 1. The third kappa shape index (κ3) is 2.28. The lowest BCUT2D eigenvalue weighted by molar-refractivity contribution is 0.633. The number of hydrogen-bond acceptors (Lipinski definition) is 5. The molecule has 0 saturated heterocycles. The van der Waals surface area contributed by atoms with E-state index in [1.54, 1.807) is 18.3 Å². The van der Waals surface area contributed by atoms with Crippen LogP contribution in [-0.2, 0) is 0 Å². The van der Waals surface area contributed by atoms with Gasteiger partial charge in [-0.1, -0.05) is 17.8 Å². The van der Waals surface area contributed by atoms with Gasteiger partial charge in [0.2, 0.25) is 0 Å². The van der Waals surface area contributed by atoms with Gasteiger partial charge >= 0.3 is 0 Å². The van der Waals surface area contributed by atoms with Crippen LogP contribution in [0.25, 0.3) is 27.8 Å². The van der Waals surface area contributed by atoms with Crippen LogP contribution in [-0.4, -0.2) is 25.6 Å². The molecule has 4 aromatic rings. The molecule has 120 valence electrons. The van der Waals surface area contributed by atoms with Crippen molar-refractivity contribution in [3.63, 3.8) is 0 Å². The van der Waals surface area contributed by atoms with Crippen molar-refractivity contribution in [3.8, 4) is 11.1 Å². The van der Waals surface area contributed by atoms with Crippen LogP contribution in [0.1, 0.15) is 5.69 Å². The van der Waals surface area contributed by atoms with Crippen molar-refractivity contribution in [2.24, 2.45) is 0 Å². The van der Waals surface area contributed by atoms with Crippen molar-refractivity contribution in [1.29, 1.82) is 0 Å². The monoisotopic (exact) mass is 339 g/mol. The number of aryl methyl sites for hydroxylation is 1. The van der Waals surface area contributed by atoms with E-state index in [0.29, 0.717) is 10.7 Å². The number of rotatable bonds is 2. The van der Waals surface area contributed by atoms with Gasteiger partial charge in [0, 0.05) is 23.3 Å². The van der Waals surface area contributed by atoms with Gasteiger partial charge in [-0.05, 0) is 36.9 Å². The maximum Gasteiger partial charge on any atom is 0.189 e. The van der Waals surface area contributed by atoms with E-state index in [9.17, 15) is 4.39 Å². The summed E-state index contributed by atoms with van der Waals surface area (Å²) in [5, 5.41) is 1.56. The molecule has 0 aliphatic heterocycles. The fourth-order valence-electron chi connectivity index (χ4n) is 2.74. The molecule has 0 radical (unpaired) electrons. The summed E-state index contributed by atoms with van der Waals surface area (Å²) in [6.07, 6.45) is 5.63. The van der Waals surface area contributed by atoms with Crippen molar-refractivity contribution < 1.29 is 4.39 Å². The van der Waals surface area contributed by atoms with E-state index in [0.717, 1.165) is 27.9 Å². The van der Waals surface area contributed by atoms with Gasteiger partial charge in [0.1, 0.15) is 17.1 Å². The highest BCUT2D eigenvalue weighted by Crippen LogP contribution is 2.30. The highest BCUT2D eigenvalue weighted by molar-refractivity contribution is 7.98. The Morgan fingerprint density at radius 2 is 2.00 bits per heavy atom. The van der Waals surface area contributed by atoms with Gasteiger partial charge in [0.05, 0.1) is 11.4 Å². The van der Waals surface area contributed by atoms with Crippen molar-refractivity contribution in [2.75, 3.05) is 12.0 Å². The predicted octanol–water partition coefficient (Wildman–Crippen LogP) is 3.70. The number of nitrogens with zero attached hydrogens (tertiary/aromatic N) is 4. The molecule has 0 unspecified atom stereocenters. The molecule has 4 rings (SSSR count). The number of anilines is 1. The fourth-order valence-corrected chi connectivity index (χ4v) is 3.07. The minimum absolute atomic E-state index is 0.128. The molecule has 0 amide bonds. The first-order valence-corrected chi connectivity index (χ1v) is 8.54. The van der Waals surface area contributed by atoms with Gasteiger partial charge < -0.3 is 5.73 Å². The number of nitrogens with two attached hydrogens (primary N) is 1. The molecule has 0 atom stereocenters. The van der Waals surface area contributed by atoms with E-state index in [-0.39, 0.29) is 5.69 Å². The van der Waals surface area contributed by atoms with Crippen molar-refractivity contribution in [3.05, 3.63) is 48.2 Å². The summed E-state index contributed by atoms with van der Waals surface area (Å²) in [6, 6.07) is 6.72. The highest BCUT2D eigenvalue weighted by Gasteiger charge is 2.14. The van der Waals surface area contributed by atoms with Crippen LogP contribution >= 0.6 is 11.8 Å². The summed E-state index contributed by atoms with van der Waals surface area (Å²) < 4.78 is 15.8. The number of benzene rings is 1. The zero-order chi connectivity index (χ0) is 16.8. The summed E-state index contributed by atoms with van der Waals surface area (Å²) in [7, 11) is 0. The lowest BCUT2D eigenvalue weighted by Gasteiger charge is -2.09. The Kier molecular flexibility index (Phi) is 3.38. The van der Waals surface area contributed by atoms with Crippen LogP contribution in [0.2, 0.25) is 0 Å². The van der Waals surface area contributed by atoms with Gasteiger partial charge in [-0.2, -0.15) is 0 Å². The molecule has 0 aliphatic carbocycles. The molecular weight excluding hydrogens is 325 g/mol. The molecule has 0 spiro atoms. The maximum atomic E-state index is 13.9. The van der Waals surface area contributed by atoms with Crippen molar-refractivity contribution in [2.45, 2.75) is 12.1 Å². The van der Waals surface area contributed by atoms with E-state index in [2.05, 4.69) is 15.0 Å². The molecule has 24 heavy (non-hydrogen) atoms. The third-order valence-electron chi connectivity index (χ3n) is 3.86. The average molecular weight is 339 g/mol. The summed E-state index contributed by atoms with van der Waals surface area (Å²) >= 11 is 1.48. The zero-order valence-corrected chi connectivity index (χ0v) is 13.9. The van der Waals surface area contributed by atoms with Crippen LogP contribution in [0.5, 0.6) is 0 Å². The Bertz CT molecular complexity index is 1090. The molecule has 7 heteroatoms. The van der Waals surface area contributed by atoms with E-state index in [1.165, 1.54) is 17.8 Å². The number of nitrogen functional groups attached to an aromatic ring is 1. The fraction of sp³-hybridized carbons (Fsp3) is 0.118. The van der Waals surface area contributed by atoms with Gasteiger partial charge in [-0.15, -0.1) is 0 Å². The molecule has 1 aromatic carbocycles. The van der Waals surface area contributed by atoms with Crippen LogP contribution in [0, 0.1) is 12.7 Å². The number of thioether (sulfide) groups is 1. The molecule has 3 aromatic heterocycles. The SMILES string of the molecule is CSc1ncc2cc(-c3ccc(N)c(F)c3)c3nc(C)cn3c2n1. The molecule has 2 N–H and O–H groups in total. The second-order valence-electron chi connectivity index (χ2n) is 5.51. The van der Waals surface area contributed by atoms with Crippen LogP contribution < -0.4 is 5.73 Å². The molecule has 0 saturated carbocycles. The Labute approximate surface area is 141 Å². The van der Waals surface area contributed by atoms with Crippen LogP contribution in [0.15, 0.2) is 41.8 Å². The van der Waals surface area contributed by atoms with Gasteiger partial charge in [-0.25, -0.2) is 19.3 Å². The first-order chi connectivity index (χ1) is 11.6. The minimum Gasteiger partial charge on any atom is -0.396 e. The first kappa shape index (κ1) is 14.9. The lowest BCUT2D eigenvalue weighted by atomic mass is 10.1. The third-order valence-corrected chi connectivity index (χ3v) is 4.42. The van der Waals surface area contributed by atoms with Crippen molar-refractivity contribution >= 4 is 34.1 Å². The normalized spacial score (nSPS) is 11.5. The quantitative estimate of drug-likeness (QED) is 0.343. The average Bonchev–Trinajstić information content (AvgIpc) is 2.98. The highest BCUT2D eigenvalue weighted by atomic mass is 32.2. The minimum atomic E-state index is -0.442. The van der Waals surface area contributed by atoms with E-state index >= 15 is 0 Å². The number of aromatic nitrogens is 4. The predicted molar refractivity (Wildman–Crippen MR) is 94.6 cm³/mol. The lowest BCUT2D eigenvalue weighted by Crippen LogP contribution is -1.97. The summed E-state index contributed by atoms with van der Waals surface area (Å²) in [6.45, 7) is 1.92. The Morgan fingerprint density at radius 1 is 1.17 bits per heavy atom. The maximum absolute atomic E-state index is 13.9. The number of imidazole rings is 1. The topological polar surface area (TPSA) is 69.1 Å². The van der Waals surface area contributed by atoms with Gasteiger partial charge in [0.25, 0.3) is 0 Å². The summed E-state index contributed by atoms with van der Waals surface area (Å²) in [4.78, 5) is 13.5. The molecule has 0 fully saturated rings. The largest absolute Gasteiger partial charge is 0.396 e. The van der Waals surface area contributed by atoms with E-state index in [1.807, 2.05) is 29.8 Å². The number of hydrogen-bond donors (Lipinski definition) is 1. The Morgan fingerprint density at radius 3 is 2.75 bits per heavy atom. The first-order valence-electron chi connectivity index (χ1n) is 7.31.